The first-order valence-electron chi connectivity index (χ1n) is 23.4. The summed E-state index contributed by atoms with van der Waals surface area (Å²) >= 11 is 0. The van der Waals surface area contributed by atoms with Crippen LogP contribution in [0.25, 0.3) is 45.3 Å². The summed E-state index contributed by atoms with van der Waals surface area (Å²) in [4.78, 5) is 15.8. The lowest BCUT2D eigenvalue weighted by atomic mass is 10.0. The summed E-state index contributed by atoms with van der Waals surface area (Å²) in [5.41, 5.74) is 4.76. The molecule has 0 unspecified atom stereocenters. The van der Waals surface area contributed by atoms with Crippen LogP contribution in [-0.2, 0) is 0 Å². The largest absolute Gasteiger partial charge is 0.457 e. The van der Waals surface area contributed by atoms with Gasteiger partial charge in [0, 0.05) is 22.3 Å². The topological polar surface area (TPSA) is 47.9 Å². The molecular formula is C63H45N3OSi2. The quantitative estimate of drug-likeness (QED) is 0.101. The fourth-order valence-corrected chi connectivity index (χ4v) is 20.4. The van der Waals surface area contributed by atoms with E-state index in [9.17, 15) is 0 Å². The molecule has 0 spiro atoms. The Morgan fingerprint density at radius 1 is 0.304 bits per heavy atom. The van der Waals surface area contributed by atoms with Crippen molar-refractivity contribution in [1.29, 1.82) is 0 Å². The zero-order chi connectivity index (χ0) is 46.0. The fraction of sp³-hybridized carbons (Fsp3) is 0. The maximum absolute atomic E-state index is 7.09. The SMILES string of the molecule is c1ccc(-c2nc(-c3cccc(-c4cccc5c4Oc4ccccc4[Si]5(c4ccccc4)c4ccccc4)c3)nc(-c3cccc([Si](c4ccccc4)(c4ccccc4)c4ccccc4)c3)n2)cc1. The van der Waals surface area contributed by atoms with Crippen LogP contribution in [0.15, 0.2) is 273 Å². The van der Waals surface area contributed by atoms with Crippen molar-refractivity contribution >= 4 is 57.6 Å². The van der Waals surface area contributed by atoms with Gasteiger partial charge in [-0.1, -0.05) is 261 Å². The normalized spacial score (nSPS) is 12.6. The molecule has 1 aliphatic heterocycles. The number of benzene rings is 10. The second-order valence-corrected chi connectivity index (χ2v) is 25.0. The maximum atomic E-state index is 7.09. The molecule has 4 nitrogen and oxygen atoms in total. The summed E-state index contributed by atoms with van der Waals surface area (Å²) in [5.74, 6) is 3.60. The number of ether oxygens (including phenoxy) is 1. The third kappa shape index (κ3) is 7.25. The Morgan fingerprint density at radius 2 is 0.696 bits per heavy atom. The van der Waals surface area contributed by atoms with Gasteiger partial charge in [-0.2, -0.15) is 0 Å². The highest BCUT2D eigenvalue weighted by Crippen LogP contribution is 2.38. The van der Waals surface area contributed by atoms with Crippen LogP contribution in [0.3, 0.4) is 0 Å². The highest BCUT2D eigenvalue weighted by molar-refractivity contribution is 7.21. The summed E-state index contributed by atoms with van der Waals surface area (Å²) in [5, 5.41) is 10.2. The molecule has 0 radical (unpaired) electrons. The molecule has 11 aromatic rings. The Balaban J connectivity index is 1.03. The van der Waals surface area contributed by atoms with Gasteiger partial charge < -0.3 is 4.74 Å². The lowest BCUT2D eigenvalue weighted by molar-refractivity contribution is 0.489. The standard InChI is InChI=1S/C63H45N3OSi2/c1-7-24-46(25-8-1)61-64-62(66-63(65-61)49-28-22-39-55(45-49)68(50-29-9-2-10-30-50,51-31-11-3-12-32-51)52-33-13-4-14-34-52)48-27-21-26-47(44-48)56-40-23-43-59-60(56)67-57-41-19-20-42-58(57)69(59,53-35-15-5-16-36-53)54-37-17-6-18-38-54/h1-45H. The van der Waals surface area contributed by atoms with Crippen LogP contribution in [0.4, 0.5) is 0 Å². The number of fused-ring (bicyclic) bond motifs is 2. The van der Waals surface area contributed by atoms with E-state index in [4.69, 9.17) is 19.7 Å². The van der Waals surface area contributed by atoms with Gasteiger partial charge in [0.15, 0.2) is 33.6 Å². The second kappa shape index (κ2) is 17.9. The molecular weight excluding hydrogens is 871 g/mol. The third-order valence-electron chi connectivity index (χ3n) is 13.6. The number of aromatic nitrogens is 3. The Bertz CT molecular complexity index is 3440. The average molecular weight is 916 g/mol. The van der Waals surface area contributed by atoms with E-state index >= 15 is 0 Å². The van der Waals surface area contributed by atoms with Crippen LogP contribution in [-0.4, -0.2) is 31.1 Å². The predicted octanol–water partition coefficient (Wildman–Crippen LogP) is 9.40. The average Bonchev–Trinajstić information content (AvgIpc) is 3.44. The first-order valence-corrected chi connectivity index (χ1v) is 27.4. The number of hydrogen-bond donors (Lipinski definition) is 0. The van der Waals surface area contributed by atoms with E-state index in [2.05, 4.69) is 255 Å². The summed E-state index contributed by atoms with van der Waals surface area (Å²) in [6, 6.07) is 98.0. The van der Waals surface area contributed by atoms with Crippen molar-refractivity contribution in [2.75, 3.05) is 0 Å². The van der Waals surface area contributed by atoms with Crippen molar-refractivity contribution in [3.8, 4) is 56.8 Å². The highest BCUT2D eigenvalue weighted by atomic mass is 28.3. The highest BCUT2D eigenvalue weighted by Gasteiger charge is 2.48. The van der Waals surface area contributed by atoms with E-state index in [1.807, 2.05) is 18.2 Å². The molecule has 6 heteroatoms. The van der Waals surface area contributed by atoms with Gasteiger partial charge in [0.05, 0.1) is 0 Å². The smallest absolute Gasteiger partial charge is 0.188 e. The van der Waals surface area contributed by atoms with E-state index in [0.29, 0.717) is 17.5 Å². The van der Waals surface area contributed by atoms with Crippen molar-refractivity contribution in [2.45, 2.75) is 0 Å². The number of nitrogens with zero attached hydrogens (tertiary/aromatic N) is 3. The summed E-state index contributed by atoms with van der Waals surface area (Å²) in [7, 11) is -5.68. The van der Waals surface area contributed by atoms with Gasteiger partial charge in [-0.05, 0) is 59.2 Å². The van der Waals surface area contributed by atoms with E-state index in [-0.39, 0.29) is 0 Å². The van der Waals surface area contributed by atoms with Crippen molar-refractivity contribution in [3.63, 3.8) is 0 Å². The number of hydrogen-bond acceptors (Lipinski definition) is 4. The molecule has 0 atom stereocenters. The van der Waals surface area contributed by atoms with Crippen molar-refractivity contribution in [2.24, 2.45) is 0 Å². The first kappa shape index (κ1) is 41.8. The summed E-state index contributed by atoms with van der Waals surface area (Å²) in [6.45, 7) is 0. The van der Waals surface area contributed by atoms with Gasteiger partial charge in [-0.3, -0.25) is 0 Å². The molecule has 0 fully saturated rings. The van der Waals surface area contributed by atoms with Crippen LogP contribution in [0, 0.1) is 0 Å². The van der Waals surface area contributed by atoms with E-state index in [0.717, 1.165) is 39.3 Å². The zero-order valence-electron chi connectivity index (χ0n) is 37.7. The molecule has 0 N–H and O–H groups in total. The molecule has 2 heterocycles. The van der Waals surface area contributed by atoms with Gasteiger partial charge in [-0.25, -0.2) is 15.0 Å². The number of rotatable bonds is 10. The van der Waals surface area contributed by atoms with Crippen molar-refractivity contribution in [3.05, 3.63) is 273 Å². The maximum Gasteiger partial charge on any atom is 0.188 e. The molecule has 10 aromatic carbocycles. The fourth-order valence-electron chi connectivity index (χ4n) is 10.6. The van der Waals surface area contributed by atoms with Crippen molar-refractivity contribution in [1.82, 2.24) is 15.0 Å². The Hall–Kier alpha value is -8.56. The van der Waals surface area contributed by atoms with Crippen LogP contribution in [0.2, 0.25) is 0 Å². The molecule has 0 amide bonds. The molecule has 1 aromatic heterocycles. The molecule has 69 heavy (non-hydrogen) atoms. The second-order valence-electron chi connectivity index (χ2n) is 17.4. The number of para-hydroxylation sites is 2. The molecule has 326 valence electrons. The minimum absolute atomic E-state index is 0.595. The lowest BCUT2D eigenvalue weighted by Crippen LogP contribution is -2.76. The Labute approximate surface area is 405 Å². The molecule has 0 aliphatic carbocycles. The van der Waals surface area contributed by atoms with Gasteiger partial charge >= 0.3 is 0 Å². The van der Waals surface area contributed by atoms with E-state index in [1.54, 1.807) is 0 Å². The van der Waals surface area contributed by atoms with E-state index < -0.39 is 16.1 Å². The molecule has 0 saturated carbocycles. The molecule has 0 bridgehead atoms. The van der Waals surface area contributed by atoms with Gasteiger partial charge in [0.25, 0.3) is 0 Å². The van der Waals surface area contributed by atoms with Gasteiger partial charge in [-0.15, -0.1) is 0 Å². The predicted molar refractivity (Wildman–Crippen MR) is 289 cm³/mol. The lowest BCUT2D eigenvalue weighted by Gasteiger charge is -2.40. The van der Waals surface area contributed by atoms with Gasteiger partial charge in [0.2, 0.25) is 0 Å². The van der Waals surface area contributed by atoms with Crippen LogP contribution < -0.4 is 46.2 Å². The minimum atomic E-state index is -2.85. The first-order chi connectivity index (χ1) is 34.2. The summed E-state index contributed by atoms with van der Waals surface area (Å²) < 4.78 is 7.09. The molecule has 1 aliphatic rings. The van der Waals surface area contributed by atoms with Crippen LogP contribution >= 0.6 is 0 Å². The molecule has 12 rings (SSSR count). The Kier molecular flexibility index (Phi) is 10.9. The van der Waals surface area contributed by atoms with Crippen LogP contribution in [0.5, 0.6) is 11.5 Å². The van der Waals surface area contributed by atoms with Gasteiger partial charge in [0.1, 0.15) is 11.5 Å². The minimum Gasteiger partial charge on any atom is -0.457 e. The monoisotopic (exact) mass is 915 g/mol. The van der Waals surface area contributed by atoms with Crippen LogP contribution in [0.1, 0.15) is 0 Å². The Morgan fingerprint density at radius 3 is 1.26 bits per heavy atom. The van der Waals surface area contributed by atoms with E-state index in [1.165, 1.54) is 41.5 Å². The molecule has 0 saturated heterocycles. The summed E-state index contributed by atoms with van der Waals surface area (Å²) in [6.07, 6.45) is 0. The zero-order valence-corrected chi connectivity index (χ0v) is 39.7. The third-order valence-corrected chi connectivity index (χ3v) is 23.2. The van der Waals surface area contributed by atoms with Crippen molar-refractivity contribution < 1.29 is 4.74 Å².